The minimum absolute atomic E-state index is 0.600. The van der Waals surface area contributed by atoms with Crippen molar-refractivity contribution in [1.82, 2.24) is 19.6 Å². The fraction of sp³-hybridized carbons (Fsp3) is 0.300. The largest absolute Gasteiger partial charge is 0.356 e. The first-order valence-corrected chi connectivity index (χ1v) is 9.90. The Bertz CT molecular complexity index is 893. The number of aromatic nitrogens is 2. The average Bonchev–Trinajstić information content (AvgIpc) is 3.28. The number of fused-ring (bicyclic) bond motifs is 1. The Kier molecular flexibility index (Phi) is 5.02. The molecule has 26 heavy (non-hydrogen) atoms. The lowest BCUT2D eigenvalue weighted by atomic mass is 10.00. The number of benzene rings is 1. The van der Waals surface area contributed by atoms with Gasteiger partial charge in [0.25, 0.3) is 0 Å². The minimum Gasteiger partial charge on any atom is -0.356 e. The molecule has 0 radical (unpaired) electrons. The van der Waals surface area contributed by atoms with E-state index in [0.29, 0.717) is 6.54 Å². The lowest BCUT2D eigenvalue weighted by Gasteiger charge is -2.29. The molecule has 0 amide bonds. The Hall–Kier alpha value is -2.60. The summed E-state index contributed by atoms with van der Waals surface area (Å²) in [7, 11) is 0. The third kappa shape index (κ3) is 3.65. The first-order chi connectivity index (χ1) is 12.8. The zero-order valence-electron chi connectivity index (χ0n) is 14.9. The Morgan fingerprint density at radius 3 is 2.92 bits per heavy atom. The van der Waals surface area contributed by atoms with Crippen LogP contribution in [0, 0.1) is 0 Å². The van der Waals surface area contributed by atoms with Crippen molar-refractivity contribution in [3.05, 3.63) is 65.4 Å². The lowest BCUT2D eigenvalue weighted by molar-refractivity contribution is 0.440. The van der Waals surface area contributed by atoms with Gasteiger partial charge in [-0.05, 0) is 24.5 Å². The summed E-state index contributed by atoms with van der Waals surface area (Å²) in [6.45, 7) is 5.43. The van der Waals surface area contributed by atoms with Crippen LogP contribution in [0.25, 0.3) is 10.5 Å². The summed E-state index contributed by atoms with van der Waals surface area (Å²) in [5.41, 5.74) is 3.75. The molecule has 0 aliphatic carbocycles. The van der Waals surface area contributed by atoms with Crippen LogP contribution in [0.2, 0.25) is 0 Å². The van der Waals surface area contributed by atoms with Crippen molar-refractivity contribution in [2.45, 2.75) is 19.9 Å². The predicted octanol–water partition coefficient (Wildman–Crippen LogP) is 3.65. The van der Waals surface area contributed by atoms with E-state index in [-0.39, 0.29) is 0 Å². The van der Waals surface area contributed by atoms with Crippen LogP contribution in [0.15, 0.2) is 59.2 Å². The van der Waals surface area contributed by atoms with E-state index in [1.807, 2.05) is 11.6 Å². The van der Waals surface area contributed by atoms with Crippen molar-refractivity contribution in [3.8, 4) is 0 Å². The van der Waals surface area contributed by atoms with Crippen LogP contribution in [-0.4, -0.2) is 39.9 Å². The molecule has 0 spiro atoms. The van der Waals surface area contributed by atoms with Gasteiger partial charge in [-0.2, -0.15) is 0 Å². The standard InChI is InChI=1S/C20H23N5S/c1-2-21-19(22-14-18-15-25-12-13-26-20(25)23-18)24-10-8-17(9-11-24)16-6-4-3-5-7-16/h3-8,12-13,15H,2,9-11,14H2,1H3,(H,21,22). The van der Waals surface area contributed by atoms with E-state index >= 15 is 0 Å². The molecule has 1 aliphatic rings. The Balaban J connectivity index is 1.46. The molecule has 0 saturated heterocycles. The Morgan fingerprint density at radius 2 is 2.19 bits per heavy atom. The smallest absolute Gasteiger partial charge is 0.194 e. The van der Waals surface area contributed by atoms with E-state index in [0.717, 1.165) is 42.7 Å². The van der Waals surface area contributed by atoms with E-state index in [9.17, 15) is 0 Å². The Labute approximate surface area is 157 Å². The van der Waals surface area contributed by atoms with Gasteiger partial charge in [-0.25, -0.2) is 9.98 Å². The molecule has 2 aromatic heterocycles. The summed E-state index contributed by atoms with van der Waals surface area (Å²) in [5.74, 6) is 0.965. The number of imidazole rings is 1. The van der Waals surface area contributed by atoms with Gasteiger partial charge in [0.15, 0.2) is 10.9 Å². The molecule has 0 bridgehead atoms. The molecule has 3 heterocycles. The number of hydrogen-bond donors (Lipinski definition) is 1. The van der Waals surface area contributed by atoms with Crippen molar-refractivity contribution in [3.63, 3.8) is 0 Å². The highest BCUT2D eigenvalue weighted by molar-refractivity contribution is 7.15. The quantitative estimate of drug-likeness (QED) is 0.567. The van der Waals surface area contributed by atoms with Crippen molar-refractivity contribution < 1.29 is 0 Å². The zero-order chi connectivity index (χ0) is 17.8. The Morgan fingerprint density at radius 1 is 1.31 bits per heavy atom. The van der Waals surface area contributed by atoms with E-state index in [4.69, 9.17) is 4.99 Å². The molecule has 3 aromatic rings. The second-order valence-corrected chi connectivity index (χ2v) is 7.16. The van der Waals surface area contributed by atoms with Gasteiger partial charge in [0.05, 0.1) is 12.2 Å². The second kappa shape index (κ2) is 7.74. The fourth-order valence-corrected chi connectivity index (χ4v) is 3.93. The molecule has 134 valence electrons. The lowest BCUT2D eigenvalue weighted by Crippen LogP contribution is -2.43. The van der Waals surface area contributed by atoms with E-state index in [1.165, 1.54) is 11.1 Å². The molecule has 0 saturated carbocycles. The van der Waals surface area contributed by atoms with E-state index in [1.54, 1.807) is 11.3 Å². The minimum atomic E-state index is 0.600. The number of rotatable bonds is 4. The summed E-state index contributed by atoms with van der Waals surface area (Å²) in [6.07, 6.45) is 7.45. The summed E-state index contributed by atoms with van der Waals surface area (Å²) < 4.78 is 2.05. The molecular formula is C20H23N5S. The van der Waals surface area contributed by atoms with Crippen LogP contribution in [0.1, 0.15) is 24.6 Å². The number of nitrogens with zero attached hydrogens (tertiary/aromatic N) is 4. The number of thiazole rings is 1. The molecule has 0 atom stereocenters. The van der Waals surface area contributed by atoms with E-state index < -0.39 is 0 Å². The van der Waals surface area contributed by atoms with Gasteiger partial charge in [0.1, 0.15) is 0 Å². The van der Waals surface area contributed by atoms with Gasteiger partial charge in [-0.3, -0.25) is 4.40 Å². The molecule has 6 heteroatoms. The maximum absolute atomic E-state index is 4.81. The first kappa shape index (κ1) is 16.8. The third-order valence-electron chi connectivity index (χ3n) is 4.52. The van der Waals surface area contributed by atoms with Gasteiger partial charge >= 0.3 is 0 Å². The molecular weight excluding hydrogens is 342 g/mol. The molecule has 0 fully saturated rings. The van der Waals surface area contributed by atoms with Gasteiger partial charge in [0, 0.05) is 37.4 Å². The van der Waals surface area contributed by atoms with Crippen LogP contribution < -0.4 is 5.32 Å². The first-order valence-electron chi connectivity index (χ1n) is 9.02. The summed E-state index contributed by atoms with van der Waals surface area (Å²) >= 11 is 1.65. The van der Waals surface area contributed by atoms with E-state index in [2.05, 4.69) is 69.1 Å². The number of aliphatic imine (C=N–C) groups is 1. The third-order valence-corrected chi connectivity index (χ3v) is 5.29. The summed E-state index contributed by atoms with van der Waals surface area (Å²) in [6, 6.07) is 10.6. The van der Waals surface area contributed by atoms with Crippen LogP contribution >= 0.6 is 11.3 Å². The maximum Gasteiger partial charge on any atom is 0.194 e. The molecule has 1 aromatic carbocycles. The SMILES string of the molecule is CCNC(=NCc1cn2ccsc2n1)N1CC=C(c2ccccc2)CC1. The number of hydrogen-bond acceptors (Lipinski definition) is 3. The topological polar surface area (TPSA) is 44.9 Å². The van der Waals surface area contributed by atoms with Gasteiger partial charge in [-0.15, -0.1) is 11.3 Å². The molecule has 0 unspecified atom stereocenters. The highest BCUT2D eigenvalue weighted by atomic mass is 32.1. The van der Waals surface area contributed by atoms with Crippen molar-refractivity contribution in [2.24, 2.45) is 4.99 Å². The highest BCUT2D eigenvalue weighted by Crippen LogP contribution is 2.22. The van der Waals surface area contributed by atoms with Gasteiger partial charge in [0.2, 0.25) is 0 Å². The number of guanidine groups is 1. The normalized spacial score (nSPS) is 15.3. The molecule has 4 rings (SSSR count). The van der Waals surface area contributed by atoms with Crippen LogP contribution in [0.5, 0.6) is 0 Å². The zero-order valence-corrected chi connectivity index (χ0v) is 15.7. The van der Waals surface area contributed by atoms with Crippen LogP contribution in [0.3, 0.4) is 0 Å². The fourth-order valence-electron chi connectivity index (χ4n) is 3.21. The highest BCUT2D eigenvalue weighted by Gasteiger charge is 2.16. The molecule has 1 aliphatic heterocycles. The van der Waals surface area contributed by atoms with Gasteiger partial charge in [-0.1, -0.05) is 36.4 Å². The maximum atomic E-state index is 4.81. The van der Waals surface area contributed by atoms with Crippen molar-refractivity contribution in [1.29, 1.82) is 0 Å². The van der Waals surface area contributed by atoms with Gasteiger partial charge < -0.3 is 10.2 Å². The van der Waals surface area contributed by atoms with Crippen LogP contribution in [0.4, 0.5) is 0 Å². The summed E-state index contributed by atoms with van der Waals surface area (Å²) in [4.78, 5) is 12.8. The monoisotopic (exact) mass is 365 g/mol. The van der Waals surface area contributed by atoms with Crippen LogP contribution in [-0.2, 0) is 6.54 Å². The number of nitrogens with one attached hydrogen (secondary N) is 1. The van der Waals surface area contributed by atoms with Crippen molar-refractivity contribution >= 4 is 27.8 Å². The average molecular weight is 366 g/mol. The van der Waals surface area contributed by atoms with Crippen molar-refractivity contribution in [2.75, 3.05) is 19.6 Å². The molecule has 5 nitrogen and oxygen atoms in total. The second-order valence-electron chi connectivity index (χ2n) is 6.29. The molecule has 1 N–H and O–H groups in total. The predicted molar refractivity (Wildman–Crippen MR) is 108 cm³/mol. The summed E-state index contributed by atoms with van der Waals surface area (Å²) in [5, 5.41) is 5.46.